The summed E-state index contributed by atoms with van der Waals surface area (Å²) < 4.78 is 5.93. The number of ether oxygens (including phenoxy) is 1. The lowest BCUT2D eigenvalue weighted by atomic mass is 10.1. The Morgan fingerprint density at radius 2 is 2.00 bits per heavy atom. The SMILES string of the molecule is CCN1CCC(Oc2ccccc2N)CC1. The molecule has 0 spiro atoms. The molecule has 2 N–H and O–H groups in total. The predicted octanol–water partition coefficient (Wildman–Crippen LogP) is 2.13. The van der Waals surface area contributed by atoms with Gasteiger partial charge in [-0.15, -0.1) is 0 Å². The molecule has 0 amide bonds. The third-order valence-corrected chi connectivity index (χ3v) is 3.19. The summed E-state index contributed by atoms with van der Waals surface area (Å²) in [6, 6.07) is 7.73. The smallest absolute Gasteiger partial charge is 0.142 e. The van der Waals surface area contributed by atoms with E-state index in [9.17, 15) is 0 Å². The van der Waals surface area contributed by atoms with Gasteiger partial charge in [-0.3, -0.25) is 0 Å². The van der Waals surface area contributed by atoms with Gasteiger partial charge in [-0.05, 0) is 31.5 Å². The Labute approximate surface area is 97.2 Å². The Morgan fingerprint density at radius 1 is 1.31 bits per heavy atom. The first-order valence-electron chi connectivity index (χ1n) is 6.03. The monoisotopic (exact) mass is 220 g/mol. The van der Waals surface area contributed by atoms with Crippen LogP contribution in [-0.4, -0.2) is 30.6 Å². The van der Waals surface area contributed by atoms with Gasteiger partial charge in [-0.25, -0.2) is 0 Å². The van der Waals surface area contributed by atoms with Crippen LogP contribution in [0.3, 0.4) is 0 Å². The molecule has 3 heteroatoms. The number of piperidine rings is 1. The first kappa shape index (κ1) is 11.3. The van der Waals surface area contributed by atoms with Crippen molar-refractivity contribution in [2.24, 2.45) is 0 Å². The van der Waals surface area contributed by atoms with Crippen LogP contribution in [0.25, 0.3) is 0 Å². The number of nitrogens with zero attached hydrogens (tertiary/aromatic N) is 1. The van der Waals surface area contributed by atoms with Crippen LogP contribution in [0.1, 0.15) is 19.8 Å². The molecule has 88 valence electrons. The molecule has 1 heterocycles. The number of nitrogen functional groups attached to an aromatic ring is 1. The summed E-state index contributed by atoms with van der Waals surface area (Å²) in [7, 11) is 0. The molecule has 1 saturated heterocycles. The third-order valence-electron chi connectivity index (χ3n) is 3.19. The average molecular weight is 220 g/mol. The van der Waals surface area contributed by atoms with E-state index in [0.717, 1.165) is 43.9 Å². The van der Waals surface area contributed by atoms with Crippen molar-refractivity contribution in [1.29, 1.82) is 0 Å². The van der Waals surface area contributed by atoms with Gasteiger partial charge >= 0.3 is 0 Å². The maximum Gasteiger partial charge on any atom is 0.142 e. The topological polar surface area (TPSA) is 38.5 Å². The van der Waals surface area contributed by atoms with Crippen molar-refractivity contribution in [1.82, 2.24) is 4.90 Å². The van der Waals surface area contributed by atoms with Gasteiger partial charge in [-0.2, -0.15) is 0 Å². The quantitative estimate of drug-likeness (QED) is 0.793. The number of hydrogen-bond donors (Lipinski definition) is 1. The highest BCUT2D eigenvalue weighted by Gasteiger charge is 2.19. The molecule has 1 aromatic carbocycles. The van der Waals surface area contributed by atoms with Crippen LogP contribution in [0, 0.1) is 0 Å². The van der Waals surface area contributed by atoms with E-state index < -0.39 is 0 Å². The molecular formula is C13H20N2O. The number of para-hydroxylation sites is 2. The molecule has 3 nitrogen and oxygen atoms in total. The minimum atomic E-state index is 0.326. The maximum absolute atomic E-state index is 5.93. The summed E-state index contributed by atoms with van der Waals surface area (Å²) in [5.74, 6) is 0.831. The van der Waals surface area contributed by atoms with E-state index >= 15 is 0 Å². The normalized spacial score (nSPS) is 18.6. The van der Waals surface area contributed by atoms with Gasteiger partial charge in [0.2, 0.25) is 0 Å². The van der Waals surface area contributed by atoms with Crippen LogP contribution in [0.2, 0.25) is 0 Å². The summed E-state index contributed by atoms with van der Waals surface area (Å²) in [4.78, 5) is 2.45. The Kier molecular flexibility index (Phi) is 3.67. The van der Waals surface area contributed by atoms with Gasteiger partial charge in [0.15, 0.2) is 0 Å². The van der Waals surface area contributed by atoms with Crippen molar-refractivity contribution < 1.29 is 4.74 Å². The molecule has 0 unspecified atom stereocenters. The van der Waals surface area contributed by atoms with E-state index in [1.807, 2.05) is 24.3 Å². The average Bonchev–Trinajstić information content (AvgIpc) is 2.33. The minimum absolute atomic E-state index is 0.326. The second-order valence-corrected chi connectivity index (χ2v) is 4.29. The summed E-state index contributed by atoms with van der Waals surface area (Å²) in [6.45, 7) is 5.61. The minimum Gasteiger partial charge on any atom is -0.488 e. The van der Waals surface area contributed by atoms with Crippen molar-refractivity contribution in [3.8, 4) is 5.75 Å². The molecule has 0 aromatic heterocycles. The molecule has 1 aliphatic heterocycles. The standard InChI is InChI=1S/C13H20N2O/c1-2-15-9-7-11(8-10-15)16-13-6-4-3-5-12(13)14/h3-6,11H,2,7-10,14H2,1H3. The van der Waals surface area contributed by atoms with Crippen molar-refractivity contribution in [2.75, 3.05) is 25.4 Å². The Balaban J connectivity index is 1.89. The van der Waals surface area contributed by atoms with E-state index in [1.165, 1.54) is 0 Å². The fourth-order valence-corrected chi connectivity index (χ4v) is 2.11. The number of rotatable bonds is 3. The summed E-state index contributed by atoms with van der Waals surface area (Å²) in [6.07, 6.45) is 2.53. The van der Waals surface area contributed by atoms with Crippen LogP contribution >= 0.6 is 0 Å². The van der Waals surface area contributed by atoms with Crippen LogP contribution < -0.4 is 10.5 Å². The highest BCUT2D eigenvalue weighted by molar-refractivity contribution is 5.51. The van der Waals surface area contributed by atoms with E-state index in [0.29, 0.717) is 6.10 Å². The van der Waals surface area contributed by atoms with E-state index in [-0.39, 0.29) is 0 Å². The first-order valence-corrected chi connectivity index (χ1v) is 6.03. The molecular weight excluding hydrogens is 200 g/mol. The van der Waals surface area contributed by atoms with Gasteiger partial charge in [-0.1, -0.05) is 19.1 Å². The number of likely N-dealkylation sites (tertiary alicyclic amines) is 1. The van der Waals surface area contributed by atoms with E-state index in [1.54, 1.807) is 0 Å². The van der Waals surface area contributed by atoms with Gasteiger partial charge in [0, 0.05) is 13.1 Å². The van der Waals surface area contributed by atoms with Gasteiger partial charge in [0.05, 0.1) is 5.69 Å². The van der Waals surface area contributed by atoms with Crippen molar-refractivity contribution in [2.45, 2.75) is 25.9 Å². The van der Waals surface area contributed by atoms with Crippen molar-refractivity contribution >= 4 is 5.69 Å². The van der Waals surface area contributed by atoms with E-state index in [4.69, 9.17) is 10.5 Å². The fraction of sp³-hybridized carbons (Fsp3) is 0.538. The summed E-state index contributed by atoms with van der Waals surface area (Å²) >= 11 is 0. The van der Waals surface area contributed by atoms with Gasteiger partial charge in [0.1, 0.15) is 11.9 Å². The molecule has 2 rings (SSSR count). The highest BCUT2D eigenvalue weighted by atomic mass is 16.5. The van der Waals surface area contributed by atoms with Crippen LogP contribution in [0.5, 0.6) is 5.75 Å². The van der Waals surface area contributed by atoms with Gasteiger partial charge < -0.3 is 15.4 Å². The van der Waals surface area contributed by atoms with E-state index in [2.05, 4.69) is 11.8 Å². The second-order valence-electron chi connectivity index (χ2n) is 4.29. The Morgan fingerprint density at radius 3 is 2.62 bits per heavy atom. The van der Waals surface area contributed by atoms with Crippen LogP contribution in [0.15, 0.2) is 24.3 Å². The molecule has 0 bridgehead atoms. The molecule has 0 atom stereocenters. The third kappa shape index (κ3) is 2.67. The molecule has 0 saturated carbocycles. The lowest BCUT2D eigenvalue weighted by Crippen LogP contribution is -2.38. The zero-order valence-electron chi connectivity index (χ0n) is 9.86. The number of hydrogen-bond acceptors (Lipinski definition) is 3. The lowest BCUT2D eigenvalue weighted by Gasteiger charge is -2.31. The zero-order chi connectivity index (χ0) is 11.4. The van der Waals surface area contributed by atoms with Gasteiger partial charge in [0.25, 0.3) is 0 Å². The van der Waals surface area contributed by atoms with Crippen molar-refractivity contribution in [3.05, 3.63) is 24.3 Å². The number of anilines is 1. The number of nitrogens with two attached hydrogens (primary N) is 1. The molecule has 1 fully saturated rings. The lowest BCUT2D eigenvalue weighted by molar-refractivity contribution is 0.104. The summed E-state index contributed by atoms with van der Waals surface area (Å²) in [5.41, 5.74) is 6.59. The Bertz CT molecular complexity index is 332. The fourth-order valence-electron chi connectivity index (χ4n) is 2.11. The molecule has 1 aliphatic rings. The molecule has 0 aliphatic carbocycles. The van der Waals surface area contributed by atoms with Crippen LogP contribution in [-0.2, 0) is 0 Å². The number of benzene rings is 1. The molecule has 16 heavy (non-hydrogen) atoms. The Hall–Kier alpha value is -1.22. The second kappa shape index (κ2) is 5.21. The predicted molar refractivity (Wildman–Crippen MR) is 66.6 cm³/mol. The van der Waals surface area contributed by atoms with Crippen LogP contribution in [0.4, 0.5) is 5.69 Å². The zero-order valence-corrected chi connectivity index (χ0v) is 9.86. The summed E-state index contributed by atoms with van der Waals surface area (Å²) in [5, 5.41) is 0. The molecule has 1 aromatic rings. The largest absolute Gasteiger partial charge is 0.488 e. The highest BCUT2D eigenvalue weighted by Crippen LogP contribution is 2.24. The maximum atomic E-state index is 5.93. The van der Waals surface area contributed by atoms with Crippen molar-refractivity contribution in [3.63, 3.8) is 0 Å². The first-order chi connectivity index (χ1) is 7.79. The molecule has 0 radical (unpaired) electrons.